The van der Waals surface area contributed by atoms with E-state index in [1.807, 2.05) is 59.5 Å². The van der Waals surface area contributed by atoms with Crippen molar-refractivity contribution >= 4 is 16.9 Å². The number of nitrogens with one attached hydrogen (secondary N) is 1. The molecule has 156 valence electrons. The molecule has 0 bridgehead atoms. The Kier molecular flexibility index (Phi) is 5.27. The lowest BCUT2D eigenvalue weighted by atomic mass is 10.1. The maximum atomic E-state index is 13.5. The minimum absolute atomic E-state index is 0.0129. The fourth-order valence-corrected chi connectivity index (χ4v) is 3.94. The molecule has 1 aliphatic rings. The number of benzene rings is 3. The second-order valence-electron chi connectivity index (χ2n) is 7.60. The van der Waals surface area contributed by atoms with E-state index in [9.17, 15) is 4.79 Å². The molecule has 0 radical (unpaired) electrons. The predicted molar refractivity (Wildman–Crippen MR) is 118 cm³/mol. The number of aromatic amines is 1. The first-order chi connectivity index (χ1) is 15.3. The summed E-state index contributed by atoms with van der Waals surface area (Å²) in [6.45, 7) is 1.31. The molecule has 1 N–H and O–H groups in total. The van der Waals surface area contributed by atoms with E-state index >= 15 is 0 Å². The fourth-order valence-electron chi connectivity index (χ4n) is 3.94. The predicted octanol–water partition coefficient (Wildman–Crippen LogP) is 4.57. The number of aryl methyl sites for hydroxylation is 1. The second-order valence-corrected chi connectivity index (χ2v) is 7.60. The Hall–Kier alpha value is -3.80. The molecule has 0 atom stereocenters. The maximum absolute atomic E-state index is 13.5. The normalized spacial score (nSPS) is 12.3. The molecule has 2 heterocycles. The number of amides is 1. The molecule has 0 fully saturated rings. The average molecular weight is 413 g/mol. The molecular formula is C25H23N3O3. The highest BCUT2D eigenvalue weighted by Gasteiger charge is 2.22. The van der Waals surface area contributed by atoms with Crippen molar-refractivity contribution in [1.29, 1.82) is 0 Å². The first-order valence-electron chi connectivity index (χ1n) is 10.4. The quantitative estimate of drug-likeness (QED) is 0.482. The van der Waals surface area contributed by atoms with Gasteiger partial charge in [-0.2, -0.15) is 0 Å². The summed E-state index contributed by atoms with van der Waals surface area (Å²) in [5.41, 5.74) is 4.56. The smallest absolute Gasteiger partial charge is 0.254 e. The molecule has 0 unspecified atom stereocenters. The third kappa shape index (κ3) is 4.10. The summed E-state index contributed by atoms with van der Waals surface area (Å²) in [4.78, 5) is 22.7. The Morgan fingerprint density at radius 3 is 2.84 bits per heavy atom. The lowest BCUT2D eigenvalue weighted by Crippen LogP contribution is -2.32. The van der Waals surface area contributed by atoms with E-state index in [1.165, 1.54) is 5.56 Å². The molecule has 0 saturated heterocycles. The van der Waals surface area contributed by atoms with Gasteiger partial charge >= 0.3 is 0 Å². The summed E-state index contributed by atoms with van der Waals surface area (Å²) in [5, 5.41) is 0. The molecule has 0 spiro atoms. The van der Waals surface area contributed by atoms with Crippen molar-refractivity contribution in [2.24, 2.45) is 0 Å². The molecule has 1 aromatic heterocycles. The van der Waals surface area contributed by atoms with Gasteiger partial charge in [-0.1, -0.05) is 42.5 Å². The summed E-state index contributed by atoms with van der Waals surface area (Å²) < 4.78 is 11.2. The highest BCUT2D eigenvalue weighted by atomic mass is 16.7. The van der Waals surface area contributed by atoms with E-state index in [4.69, 9.17) is 9.47 Å². The van der Waals surface area contributed by atoms with Gasteiger partial charge in [0.15, 0.2) is 11.5 Å². The summed E-state index contributed by atoms with van der Waals surface area (Å²) in [6.07, 6.45) is 3.42. The largest absolute Gasteiger partial charge is 0.454 e. The number of fused-ring (bicyclic) bond motifs is 2. The van der Waals surface area contributed by atoms with Crippen molar-refractivity contribution in [2.45, 2.75) is 19.4 Å². The van der Waals surface area contributed by atoms with Gasteiger partial charge in [-0.25, -0.2) is 4.98 Å². The highest BCUT2D eigenvalue weighted by Crippen LogP contribution is 2.36. The number of para-hydroxylation sites is 1. The van der Waals surface area contributed by atoms with Gasteiger partial charge in [-0.15, -0.1) is 0 Å². The number of H-pyrrole nitrogens is 1. The Morgan fingerprint density at radius 1 is 1.03 bits per heavy atom. The van der Waals surface area contributed by atoms with Gasteiger partial charge in [0, 0.05) is 24.2 Å². The van der Waals surface area contributed by atoms with Crippen LogP contribution in [0.4, 0.5) is 0 Å². The summed E-state index contributed by atoms with van der Waals surface area (Å²) in [7, 11) is 0. The van der Waals surface area contributed by atoms with Gasteiger partial charge in [-0.05, 0) is 42.7 Å². The number of carbonyl (C=O) groups excluding carboxylic acids is 1. The van der Waals surface area contributed by atoms with Crippen molar-refractivity contribution in [3.8, 4) is 11.5 Å². The first kappa shape index (κ1) is 19.2. The first-order valence-corrected chi connectivity index (χ1v) is 10.4. The van der Waals surface area contributed by atoms with Crippen LogP contribution in [0.15, 0.2) is 73.1 Å². The number of hydrogen-bond acceptors (Lipinski definition) is 4. The van der Waals surface area contributed by atoms with E-state index in [1.54, 1.807) is 6.33 Å². The van der Waals surface area contributed by atoms with Gasteiger partial charge < -0.3 is 19.4 Å². The number of aromatic nitrogens is 2. The van der Waals surface area contributed by atoms with Crippen LogP contribution in [0.2, 0.25) is 0 Å². The lowest BCUT2D eigenvalue weighted by Gasteiger charge is -2.24. The molecule has 1 aliphatic heterocycles. The second kappa shape index (κ2) is 8.52. The Morgan fingerprint density at radius 2 is 1.94 bits per heavy atom. The van der Waals surface area contributed by atoms with Crippen LogP contribution in [0.25, 0.3) is 11.0 Å². The molecule has 0 aliphatic carbocycles. The minimum atomic E-state index is -0.0129. The van der Waals surface area contributed by atoms with Crippen LogP contribution in [0.3, 0.4) is 0 Å². The topological polar surface area (TPSA) is 67.5 Å². The number of ether oxygens (including phenoxy) is 2. The number of imidazole rings is 1. The molecule has 1 amide bonds. The molecular weight excluding hydrogens is 390 g/mol. The third-order valence-corrected chi connectivity index (χ3v) is 5.53. The van der Waals surface area contributed by atoms with Gasteiger partial charge in [0.2, 0.25) is 6.79 Å². The average Bonchev–Trinajstić information content (AvgIpc) is 3.48. The molecule has 6 nitrogen and oxygen atoms in total. The number of hydrogen-bond donors (Lipinski definition) is 1. The number of rotatable bonds is 7. The van der Waals surface area contributed by atoms with Crippen LogP contribution in [-0.2, 0) is 13.0 Å². The van der Waals surface area contributed by atoms with E-state index < -0.39 is 0 Å². The fraction of sp³-hybridized carbons (Fsp3) is 0.200. The monoisotopic (exact) mass is 413 g/mol. The summed E-state index contributed by atoms with van der Waals surface area (Å²) in [5.74, 6) is 1.45. The van der Waals surface area contributed by atoms with Gasteiger partial charge in [0.05, 0.1) is 17.4 Å². The maximum Gasteiger partial charge on any atom is 0.254 e. The zero-order valence-corrected chi connectivity index (χ0v) is 17.1. The number of carbonyl (C=O) groups is 1. The van der Waals surface area contributed by atoms with Crippen LogP contribution < -0.4 is 9.47 Å². The summed E-state index contributed by atoms with van der Waals surface area (Å²) in [6, 6.07) is 21.7. The molecule has 0 saturated carbocycles. The standard InChI is InChI=1S/C25H23N3O3/c29-25(19-11-12-21-22(14-19)27-16-26-21)28(13-5-8-18-6-2-1-3-7-18)15-20-9-4-10-23-24(20)31-17-30-23/h1-4,6-7,9-12,14,16H,5,8,13,15,17H2,(H,26,27). The van der Waals surface area contributed by atoms with Crippen molar-refractivity contribution in [3.63, 3.8) is 0 Å². The SMILES string of the molecule is O=C(c1ccc2nc[nH]c2c1)N(CCCc1ccccc1)Cc1cccc2c1OCO2. The Balaban J connectivity index is 1.39. The lowest BCUT2D eigenvalue weighted by molar-refractivity contribution is 0.0740. The van der Waals surface area contributed by atoms with E-state index in [2.05, 4.69) is 22.1 Å². The number of nitrogens with zero attached hydrogens (tertiary/aromatic N) is 2. The van der Waals surface area contributed by atoms with Crippen molar-refractivity contribution in [1.82, 2.24) is 14.9 Å². The molecule has 31 heavy (non-hydrogen) atoms. The zero-order valence-electron chi connectivity index (χ0n) is 17.1. The van der Waals surface area contributed by atoms with Crippen LogP contribution in [0.1, 0.15) is 27.9 Å². The third-order valence-electron chi connectivity index (χ3n) is 5.53. The Labute approximate surface area is 180 Å². The molecule has 6 heteroatoms. The van der Waals surface area contributed by atoms with Crippen LogP contribution in [0.5, 0.6) is 11.5 Å². The molecule has 4 aromatic rings. The van der Waals surface area contributed by atoms with Crippen LogP contribution >= 0.6 is 0 Å². The van der Waals surface area contributed by atoms with Crippen LogP contribution in [0, 0.1) is 0 Å². The minimum Gasteiger partial charge on any atom is -0.454 e. The van der Waals surface area contributed by atoms with E-state index in [-0.39, 0.29) is 12.7 Å². The van der Waals surface area contributed by atoms with Crippen molar-refractivity contribution in [3.05, 3.63) is 89.7 Å². The van der Waals surface area contributed by atoms with Gasteiger partial charge in [-0.3, -0.25) is 4.79 Å². The zero-order chi connectivity index (χ0) is 21.0. The van der Waals surface area contributed by atoms with Crippen molar-refractivity contribution < 1.29 is 14.3 Å². The molecule has 3 aromatic carbocycles. The van der Waals surface area contributed by atoms with Crippen LogP contribution in [-0.4, -0.2) is 34.1 Å². The summed E-state index contributed by atoms with van der Waals surface area (Å²) >= 11 is 0. The van der Waals surface area contributed by atoms with E-state index in [0.29, 0.717) is 18.7 Å². The van der Waals surface area contributed by atoms with Crippen molar-refractivity contribution in [2.75, 3.05) is 13.3 Å². The highest BCUT2D eigenvalue weighted by molar-refractivity contribution is 5.97. The van der Waals surface area contributed by atoms with Gasteiger partial charge in [0.1, 0.15) is 0 Å². The Bertz CT molecular complexity index is 1200. The van der Waals surface area contributed by atoms with E-state index in [0.717, 1.165) is 40.9 Å². The van der Waals surface area contributed by atoms with Gasteiger partial charge in [0.25, 0.3) is 5.91 Å². The molecule has 5 rings (SSSR count).